The van der Waals surface area contributed by atoms with E-state index in [1.165, 1.54) is 22.0 Å². The van der Waals surface area contributed by atoms with Crippen molar-refractivity contribution >= 4 is 10.9 Å². The highest BCUT2D eigenvalue weighted by Crippen LogP contribution is 2.21. The van der Waals surface area contributed by atoms with Crippen LogP contribution >= 0.6 is 0 Å². The molecule has 17 heavy (non-hydrogen) atoms. The van der Waals surface area contributed by atoms with E-state index >= 15 is 0 Å². The average Bonchev–Trinajstić information content (AvgIpc) is 2.67. The van der Waals surface area contributed by atoms with Gasteiger partial charge in [0.05, 0.1) is 0 Å². The lowest BCUT2D eigenvalue weighted by Gasteiger charge is -1.97. The van der Waals surface area contributed by atoms with Crippen LogP contribution < -0.4 is 0 Å². The van der Waals surface area contributed by atoms with Crippen molar-refractivity contribution in [2.75, 3.05) is 0 Å². The second kappa shape index (κ2) is 5.22. The first kappa shape index (κ1) is 12.0. The van der Waals surface area contributed by atoms with Crippen LogP contribution in [0.2, 0.25) is 0 Å². The number of aromatic nitrogens is 1. The van der Waals surface area contributed by atoms with Crippen LogP contribution in [-0.2, 0) is 13.5 Å². The Bertz CT molecular complexity index is 531. The third-order valence-electron chi connectivity index (χ3n) is 3.44. The molecule has 0 fully saturated rings. The maximum atomic E-state index is 2.36. The summed E-state index contributed by atoms with van der Waals surface area (Å²) < 4.78 is 2.22. The lowest BCUT2D eigenvalue weighted by molar-refractivity contribution is 0.929. The van der Waals surface area contributed by atoms with Gasteiger partial charge in [0.1, 0.15) is 0 Å². The smallest absolute Gasteiger partial charge is 0.0480 e. The van der Waals surface area contributed by atoms with Gasteiger partial charge in [-0.3, -0.25) is 0 Å². The first-order chi connectivity index (χ1) is 8.22. The van der Waals surface area contributed by atoms with E-state index in [4.69, 9.17) is 0 Å². The largest absolute Gasteiger partial charge is 0.350 e. The number of hydrogen-bond acceptors (Lipinski definition) is 0. The molecule has 0 amide bonds. The SMILES string of the molecule is CC/C(C)=C/CCc1cn(C)c2ccccc12. The van der Waals surface area contributed by atoms with Crippen molar-refractivity contribution in [2.45, 2.75) is 33.1 Å². The summed E-state index contributed by atoms with van der Waals surface area (Å²) in [4.78, 5) is 0. The van der Waals surface area contributed by atoms with Gasteiger partial charge in [0.2, 0.25) is 0 Å². The van der Waals surface area contributed by atoms with E-state index in [0.29, 0.717) is 0 Å². The monoisotopic (exact) mass is 227 g/mol. The number of para-hydroxylation sites is 1. The van der Waals surface area contributed by atoms with Crippen LogP contribution in [0.15, 0.2) is 42.1 Å². The Labute approximate surface area is 104 Å². The van der Waals surface area contributed by atoms with Gasteiger partial charge in [-0.05, 0) is 37.8 Å². The molecule has 0 aliphatic rings. The Morgan fingerprint density at radius 1 is 1.29 bits per heavy atom. The summed E-state index contributed by atoms with van der Waals surface area (Å²) in [5.41, 5.74) is 4.28. The average molecular weight is 227 g/mol. The van der Waals surface area contributed by atoms with E-state index in [-0.39, 0.29) is 0 Å². The van der Waals surface area contributed by atoms with E-state index in [1.807, 2.05) is 0 Å². The van der Waals surface area contributed by atoms with Gasteiger partial charge in [-0.15, -0.1) is 0 Å². The molecule has 0 saturated heterocycles. The quantitative estimate of drug-likeness (QED) is 0.679. The topological polar surface area (TPSA) is 4.93 Å². The molecule has 1 aromatic heterocycles. The summed E-state index contributed by atoms with van der Waals surface area (Å²) in [5, 5.41) is 1.40. The van der Waals surface area contributed by atoms with Crippen molar-refractivity contribution in [1.82, 2.24) is 4.57 Å². The first-order valence-corrected chi connectivity index (χ1v) is 6.41. The lowest BCUT2D eigenvalue weighted by atomic mass is 10.1. The number of hydrogen-bond donors (Lipinski definition) is 0. The van der Waals surface area contributed by atoms with Crippen molar-refractivity contribution in [3.63, 3.8) is 0 Å². The van der Waals surface area contributed by atoms with Gasteiger partial charge in [-0.25, -0.2) is 0 Å². The number of aryl methyl sites for hydroxylation is 2. The maximum absolute atomic E-state index is 2.36. The number of fused-ring (bicyclic) bond motifs is 1. The lowest BCUT2D eigenvalue weighted by Crippen LogP contribution is -1.83. The fourth-order valence-corrected chi connectivity index (χ4v) is 2.24. The molecule has 0 radical (unpaired) electrons. The first-order valence-electron chi connectivity index (χ1n) is 6.41. The van der Waals surface area contributed by atoms with Crippen LogP contribution in [-0.4, -0.2) is 4.57 Å². The van der Waals surface area contributed by atoms with Gasteiger partial charge < -0.3 is 4.57 Å². The minimum absolute atomic E-state index is 1.14. The van der Waals surface area contributed by atoms with Crippen LogP contribution in [0.4, 0.5) is 0 Å². The molecule has 0 aliphatic carbocycles. The molecular formula is C16H21N. The van der Waals surface area contributed by atoms with Crippen molar-refractivity contribution in [1.29, 1.82) is 0 Å². The van der Waals surface area contributed by atoms with Crippen LogP contribution in [0.1, 0.15) is 32.3 Å². The molecule has 1 nitrogen and oxygen atoms in total. The molecule has 2 rings (SSSR count). The summed E-state index contributed by atoms with van der Waals surface area (Å²) in [6, 6.07) is 8.64. The predicted molar refractivity (Wildman–Crippen MR) is 75.3 cm³/mol. The van der Waals surface area contributed by atoms with Crippen molar-refractivity contribution in [3.05, 3.63) is 47.7 Å². The Morgan fingerprint density at radius 2 is 2.06 bits per heavy atom. The third-order valence-corrected chi connectivity index (χ3v) is 3.44. The highest BCUT2D eigenvalue weighted by atomic mass is 14.9. The van der Waals surface area contributed by atoms with E-state index in [9.17, 15) is 0 Å². The number of allylic oxidation sites excluding steroid dienone is 2. The summed E-state index contributed by atoms with van der Waals surface area (Å²) >= 11 is 0. The Morgan fingerprint density at radius 3 is 2.82 bits per heavy atom. The minimum Gasteiger partial charge on any atom is -0.350 e. The van der Waals surface area contributed by atoms with Crippen molar-refractivity contribution in [3.8, 4) is 0 Å². The molecule has 0 N–H and O–H groups in total. The molecule has 0 spiro atoms. The van der Waals surface area contributed by atoms with Crippen LogP contribution in [0.5, 0.6) is 0 Å². The molecule has 0 unspecified atom stereocenters. The molecule has 1 aromatic carbocycles. The molecular weight excluding hydrogens is 206 g/mol. The molecule has 0 saturated carbocycles. The molecule has 90 valence electrons. The zero-order valence-corrected chi connectivity index (χ0v) is 11.0. The van der Waals surface area contributed by atoms with Crippen LogP contribution in [0.25, 0.3) is 10.9 Å². The fraction of sp³-hybridized carbons (Fsp3) is 0.375. The number of nitrogens with zero attached hydrogens (tertiary/aromatic N) is 1. The van der Waals surface area contributed by atoms with Gasteiger partial charge in [-0.1, -0.05) is 36.8 Å². The Balaban J connectivity index is 2.19. The summed E-state index contributed by atoms with van der Waals surface area (Å²) in [6.07, 6.45) is 8.07. The highest BCUT2D eigenvalue weighted by molar-refractivity contribution is 5.83. The van der Waals surface area contributed by atoms with Crippen molar-refractivity contribution in [2.24, 2.45) is 7.05 Å². The second-order valence-corrected chi connectivity index (χ2v) is 4.73. The zero-order chi connectivity index (χ0) is 12.3. The number of rotatable bonds is 4. The summed E-state index contributed by atoms with van der Waals surface area (Å²) in [7, 11) is 2.12. The van der Waals surface area contributed by atoms with Gasteiger partial charge in [0.25, 0.3) is 0 Å². The molecule has 1 heterocycles. The van der Waals surface area contributed by atoms with Crippen LogP contribution in [0.3, 0.4) is 0 Å². The van der Waals surface area contributed by atoms with Gasteiger partial charge >= 0.3 is 0 Å². The fourth-order valence-electron chi connectivity index (χ4n) is 2.24. The predicted octanol–water partition coefficient (Wildman–Crippen LogP) is 4.47. The second-order valence-electron chi connectivity index (χ2n) is 4.73. The zero-order valence-electron chi connectivity index (χ0n) is 11.0. The van der Waals surface area contributed by atoms with Gasteiger partial charge in [-0.2, -0.15) is 0 Å². The van der Waals surface area contributed by atoms with Gasteiger partial charge in [0, 0.05) is 24.1 Å². The Hall–Kier alpha value is -1.50. The minimum atomic E-state index is 1.14. The molecule has 1 heteroatoms. The van der Waals surface area contributed by atoms with E-state index in [1.54, 1.807) is 0 Å². The summed E-state index contributed by atoms with van der Waals surface area (Å²) in [5.74, 6) is 0. The number of benzene rings is 1. The third kappa shape index (κ3) is 2.60. The molecule has 0 atom stereocenters. The van der Waals surface area contributed by atoms with E-state index in [0.717, 1.165) is 19.3 Å². The maximum Gasteiger partial charge on any atom is 0.0480 e. The van der Waals surface area contributed by atoms with Crippen LogP contribution in [0, 0.1) is 0 Å². The van der Waals surface area contributed by atoms with E-state index in [2.05, 4.69) is 62.0 Å². The standard InChI is InChI=1S/C16H21N/c1-4-13(2)8-7-9-14-12-17(3)16-11-6-5-10-15(14)16/h5-6,8,10-12H,4,7,9H2,1-3H3/b13-8+. The van der Waals surface area contributed by atoms with Crippen molar-refractivity contribution < 1.29 is 0 Å². The van der Waals surface area contributed by atoms with Gasteiger partial charge in [0.15, 0.2) is 0 Å². The Kier molecular flexibility index (Phi) is 3.68. The molecule has 0 aliphatic heterocycles. The summed E-state index contributed by atoms with van der Waals surface area (Å²) in [6.45, 7) is 4.42. The molecule has 2 aromatic rings. The molecule has 0 bridgehead atoms. The van der Waals surface area contributed by atoms with E-state index < -0.39 is 0 Å². The normalized spacial score (nSPS) is 12.3. The highest BCUT2D eigenvalue weighted by Gasteiger charge is 2.04.